The van der Waals surface area contributed by atoms with Crippen molar-refractivity contribution >= 4 is 44.9 Å². The summed E-state index contributed by atoms with van der Waals surface area (Å²) in [5.74, 6) is 1.06. The molecular weight excluding hydrogens is 363 g/mol. The van der Waals surface area contributed by atoms with E-state index in [0.717, 1.165) is 34.5 Å². The maximum absolute atomic E-state index is 12.7. The number of ether oxygens (including phenoxy) is 2. The number of methoxy groups -OCH3 is 1. The molecule has 0 unspecified atom stereocenters. The van der Waals surface area contributed by atoms with Gasteiger partial charge in [0.2, 0.25) is 0 Å². The number of fused-ring (bicyclic) bond motifs is 1. The van der Waals surface area contributed by atoms with E-state index in [4.69, 9.17) is 9.47 Å². The molecule has 0 aliphatic rings. The molecule has 0 spiro atoms. The van der Waals surface area contributed by atoms with Crippen LogP contribution in [0.2, 0.25) is 0 Å². The van der Waals surface area contributed by atoms with Crippen LogP contribution in [0.15, 0.2) is 41.7 Å². The SMILES string of the molecule is COCCCOc1ccnc(C[S@@](=O)c2nc3ccccc3[nH]2)c1C.[Mg+2]. The zero-order valence-corrected chi connectivity index (χ0v) is 17.3. The molecule has 0 radical (unpaired) electrons. The third kappa shape index (κ3) is 5.03. The molecule has 0 aliphatic heterocycles. The molecule has 1 atom stereocenters. The predicted molar refractivity (Wildman–Crippen MR) is 103 cm³/mol. The molecule has 0 fully saturated rings. The first-order chi connectivity index (χ1) is 12.2. The molecule has 0 saturated heterocycles. The molecule has 0 aliphatic carbocycles. The van der Waals surface area contributed by atoms with Crippen LogP contribution < -0.4 is 4.74 Å². The monoisotopic (exact) mass is 383 g/mol. The molecule has 6 nitrogen and oxygen atoms in total. The smallest absolute Gasteiger partial charge is 0.493 e. The molecule has 0 bridgehead atoms. The summed E-state index contributed by atoms with van der Waals surface area (Å²) >= 11 is 0. The van der Waals surface area contributed by atoms with Gasteiger partial charge in [0.05, 0.1) is 39.9 Å². The number of hydrogen-bond donors (Lipinski definition) is 1. The number of rotatable bonds is 8. The van der Waals surface area contributed by atoms with Gasteiger partial charge in [0.1, 0.15) is 5.75 Å². The van der Waals surface area contributed by atoms with Crippen molar-refractivity contribution in [3.63, 3.8) is 0 Å². The molecule has 3 aromatic rings. The van der Waals surface area contributed by atoms with Gasteiger partial charge in [-0.1, -0.05) is 12.1 Å². The van der Waals surface area contributed by atoms with Crippen molar-refractivity contribution in [3.05, 3.63) is 47.8 Å². The van der Waals surface area contributed by atoms with E-state index in [1.165, 1.54) is 0 Å². The Balaban J connectivity index is 0.00000243. The summed E-state index contributed by atoms with van der Waals surface area (Å²) < 4.78 is 23.5. The van der Waals surface area contributed by atoms with E-state index in [9.17, 15) is 4.21 Å². The predicted octanol–water partition coefficient (Wildman–Crippen LogP) is 2.61. The van der Waals surface area contributed by atoms with Gasteiger partial charge in [-0.3, -0.25) is 9.19 Å². The Morgan fingerprint density at radius 1 is 1.19 bits per heavy atom. The number of nitrogens with one attached hydrogen (secondary N) is 1. The summed E-state index contributed by atoms with van der Waals surface area (Å²) in [4.78, 5) is 11.9. The topological polar surface area (TPSA) is 77.1 Å². The second-order valence-corrected chi connectivity index (χ2v) is 6.99. The largest absolute Gasteiger partial charge is 2.00 e. The van der Waals surface area contributed by atoms with Gasteiger partial charge in [-0.25, -0.2) is 4.98 Å². The number of benzene rings is 1. The van der Waals surface area contributed by atoms with Crippen LogP contribution in [0.1, 0.15) is 17.7 Å². The summed E-state index contributed by atoms with van der Waals surface area (Å²) in [5, 5.41) is 0.466. The van der Waals surface area contributed by atoms with Crippen molar-refractivity contribution in [1.82, 2.24) is 15.0 Å². The molecule has 132 valence electrons. The van der Waals surface area contributed by atoms with Crippen molar-refractivity contribution in [2.45, 2.75) is 24.3 Å². The fraction of sp³-hybridized carbons (Fsp3) is 0.333. The first-order valence-corrected chi connectivity index (χ1v) is 9.40. The summed E-state index contributed by atoms with van der Waals surface area (Å²) in [6.45, 7) is 3.17. The van der Waals surface area contributed by atoms with Crippen LogP contribution in [-0.4, -0.2) is 62.5 Å². The molecule has 2 aromatic heterocycles. The minimum Gasteiger partial charge on any atom is -0.493 e. The molecule has 1 N–H and O–H groups in total. The summed E-state index contributed by atoms with van der Waals surface area (Å²) in [6.07, 6.45) is 2.50. The van der Waals surface area contributed by atoms with Gasteiger partial charge in [0.25, 0.3) is 0 Å². The van der Waals surface area contributed by atoms with Crippen LogP contribution in [0, 0.1) is 6.92 Å². The fourth-order valence-corrected chi connectivity index (χ4v) is 3.58. The number of H-pyrrole nitrogens is 1. The molecule has 1 aromatic carbocycles. The van der Waals surface area contributed by atoms with Crippen LogP contribution in [0.25, 0.3) is 11.0 Å². The van der Waals surface area contributed by atoms with E-state index in [2.05, 4.69) is 15.0 Å². The first kappa shape index (κ1) is 20.8. The summed E-state index contributed by atoms with van der Waals surface area (Å²) in [5.41, 5.74) is 3.35. The Labute approximate surface area is 171 Å². The number of hydrogen-bond acceptors (Lipinski definition) is 5. The molecule has 3 rings (SSSR count). The van der Waals surface area contributed by atoms with Crippen LogP contribution in [0.5, 0.6) is 5.75 Å². The normalized spacial score (nSPS) is 11.9. The molecule has 0 saturated carbocycles. The van der Waals surface area contributed by atoms with Crippen molar-refractivity contribution in [2.75, 3.05) is 20.3 Å². The van der Waals surface area contributed by atoms with E-state index in [1.807, 2.05) is 37.3 Å². The van der Waals surface area contributed by atoms with E-state index in [1.54, 1.807) is 13.3 Å². The fourth-order valence-electron chi connectivity index (χ4n) is 2.48. The molecule has 26 heavy (non-hydrogen) atoms. The molecule has 2 heterocycles. The average molecular weight is 384 g/mol. The number of nitrogens with zero attached hydrogens (tertiary/aromatic N) is 2. The minimum atomic E-state index is -1.30. The van der Waals surface area contributed by atoms with Crippen molar-refractivity contribution in [3.8, 4) is 5.75 Å². The second-order valence-electron chi connectivity index (χ2n) is 5.62. The molecule has 0 amide bonds. The summed E-state index contributed by atoms with van der Waals surface area (Å²) in [7, 11) is 0.371. The number of aromatic amines is 1. The molecular formula is C18H21MgN3O3S+2. The van der Waals surface area contributed by atoms with Crippen molar-refractivity contribution in [1.29, 1.82) is 0 Å². The molecule has 8 heteroatoms. The van der Waals surface area contributed by atoms with Crippen LogP contribution in [0.3, 0.4) is 0 Å². The van der Waals surface area contributed by atoms with Crippen LogP contribution >= 0.6 is 0 Å². The number of imidazole rings is 1. The van der Waals surface area contributed by atoms with Gasteiger partial charge < -0.3 is 14.5 Å². The summed E-state index contributed by atoms with van der Waals surface area (Å²) in [6, 6.07) is 9.47. The van der Waals surface area contributed by atoms with E-state index < -0.39 is 10.8 Å². The van der Waals surface area contributed by atoms with Gasteiger partial charge in [0.15, 0.2) is 5.16 Å². The van der Waals surface area contributed by atoms with Crippen LogP contribution in [0.4, 0.5) is 0 Å². The van der Waals surface area contributed by atoms with Gasteiger partial charge in [-0.2, -0.15) is 0 Å². The minimum absolute atomic E-state index is 0. The Morgan fingerprint density at radius 3 is 2.77 bits per heavy atom. The quantitative estimate of drug-likeness (QED) is 0.478. The van der Waals surface area contributed by atoms with Crippen molar-refractivity contribution < 1.29 is 13.7 Å². The second kappa shape index (κ2) is 10.0. The van der Waals surface area contributed by atoms with Crippen molar-refractivity contribution in [2.24, 2.45) is 0 Å². The van der Waals surface area contributed by atoms with E-state index >= 15 is 0 Å². The Morgan fingerprint density at radius 2 is 2.00 bits per heavy atom. The maximum Gasteiger partial charge on any atom is 2.00 e. The Bertz CT molecular complexity index is 852. The number of pyridine rings is 1. The average Bonchev–Trinajstić information content (AvgIpc) is 3.06. The van der Waals surface area contributed by atoms with Gasteiger partial charge in [0, 0.05) is 31.9 Å². The first-order valence-electron chi connectivity index (χ1n) is 8.08. The van der Waals surface area contributed by atoms with Crippen LogP contribution in [-0.2, 0) is 21.3 Å². The Kier molecular flexibility index (Phi) is 8.01. The number of para-hydroxylation sites is 2. The zero-order valence-electron chi connectivity index (χ0n) is 15.0. The third-order valence-electron chi connectivity index (χ3n) is 3.86. The zero-order chi connectivity index (χ0) is 17.6. The van der Waals surface area contributed by atoms with Gasteiger partial charge >= 0.3 is 23.1 Å². The Hall–Kier alpha value is -1.48. The van der Waals surface area contributed by atoms with Gasteiger partial charge in [-0.05, 0) is 25.1 Å². The van der Waals surface area contributed by atoms with E-state index in [-0.39, 0.29) is 23.1 Å². The number of aromatic nitrogens is 3. The van der Waals surface area contributed by atoms with E-state index in [0.29, 0.717) is 24.1 Å². The third-order valence-corrected chi connectivity index (χ3v) is 5.02. The maximum atomic E-state index is 12.7. The van der Waals surface area contributed by atoms with Gasteiger partial charge in [-0.15, -0.1) is 0 Å². The standard InChI is InChI=1S/C18H21N3O3S.Mg/c1-13-16(19-9-8-17(13)24-11-5-10-23-2)12-25(22)18-20-14-6-3-4-7-15(14)21-18;/h3-4,6-9H,5,10-12H2,1-2H3,(H,20,21);/q;+2/t25-;/m1./s1.